The zero-order valence-electron chi connectivity index (χ0n) is 11.9. The molecule has 0 radical (unpaired) electrons. The van der Waals surface area contributed by atoms with Crippen LogP contribution in [0.15, 0.2) is 36.8 Å². The lowest BCUT2D eigenvalue weighted by atomic mass is 10.2. The van der Waals surface area contributed by atoms with Crippen LogP contribution >= 0.6 is 0 Å². The molecule has 0 unspecified atom stereocenters. The van der Waals surface area contributed by atoms with Crippen LogP contribution in [0.1, 0.15) is 0 Å². The van der Waals surface area contributed by atoms with E-state index in [1.54, 1.807) is 24.7 Å². The molecule has 0 amide bonds. The predicted molar refractivity (Wildman–Crippen MR) is 79.4 cm³/mol. The topological polar surface area (TPSA) is 41.5 Å². The number of methoxy groups -OCH3 is 1. The number of anilines is 2. The van der Waals surface area contributed by atoms with E-state index >= 15 is 0 Å². The van der Waals surface area contributed by atoms with E-state index in [2.05, 4.69) is 19.8 Å². The molecule has 110 valence electrons. The number of rotatable bonds is 3. The van der Waals surface area contributed by atoms with Crippen LogP contribution in [0.2, 0.25) is 0 Å². The van der Waals surface area contributed by atoms with Crippen molar-refractivity contribution in [2.24, 2.45) is 0 Å². The van der Waals surface area contributed by atoms with Crippen LogP contribution in [0, 0.1) is 5.82 Å². The Bertz CT molecular complexity index is 600. The van der Waals surface area contributed by atoms with Gasteiger partial charge in [0, 0.05) is 50.3 Å². The molecule has 2 heterocycles. The van der Waals surface area contributed by atoms with Gasteiger partial charge in [-0.1, -0.05) is 0 Å². The van der Waals surface area contributed by atoms with Crippen molar-refractivity contribution in [3.05, 3.63) is 42.6 Å². The van der Waals surface area contributed by atoms with Gasteiger partial charge >= 0.3 is 0 Å². The van der Waals surface area contributed by atoms with Crippen LogP contribution in [-0.2, 0) is 0 Å². The predicted octanol–water partition coefficient (Wildman–Crippen LogP) is 1.95. The van der Waals surface area contributed by atoms with Gasteiger partial charge < -0.3 is 14.5 Å². The Hall–Kier alpha value is -2.37. The molecule has 21 heavy (non-hydrogen) atoms. The van der Waals surface area contributed by atoms with Gasteiger partial charge in [-0.2, -0.15) is 0 Å². The van der Waals surface area contributed by atoms with Gasteiger partial charge in [0.2, 0.25) is 0 Å². The number of ether oxygens (including phenoxy) is 1. The van der Waals surface area contributed by atoms with Gasteiger partial charge in [-0.3, -0.25) is 4.98 Å². The number of nitrogens with zero attached hydrogens (tertiary/aromatic N) is 4. The maximum atomic E-state index is 13.8. The van der Waals surface area contributed by atoms with E-state index < -0.39 is 0 Å². The summed E-state index contributed by atoms with van der Waals surface area (Å²) in [4.78, 5) is 12.7. The summed E-state index contributed by atoms with van der Waals surface area (Å²) >= 11 is 0. The molecule has 6 heteroatoms. The average Bonchev–Trinajstić information content (AvgIpc) is 2.56. The number of piperazine rings is 1. The second-order valence-corrected chi connectivity index (χ2v) is 4.86. The Kier molecular flexibility index (Phi) is 3.85. The molecule has 0 N–H and O–H groups in total. The molecule has 0 aliphatic carbocycles. The quantitative estimate of drug-likeness (QED) is 0.863. The first kappa shape index (κ1) is 13.6. The summed E-state index contributed by atoms with van der Waals surface area (Å²) in [6.07, 6.45) is 5.13. The molecule has 0 saturated carbocycles. The van der Waals surface area contributed by atoms with E-state index in [9.17, 15) is 4.39 Å². The molecule has 1 fully saturated rings. The highest BCUT2D eigenvalue weighted by Gasteiger charge is 2.19. The highest BCUT2D eigenvalue weighted by Crippen LogP contribution is 2.24. The number of hydrogen-bond donors (Lipinski definition) is 0. The van der Waals surface area contributed by atoms with Gasteiger partial charge in [0.05, 0.1) is 13.3 Å². The van der Waals surface area contributed by atoms with Crippen molar-refractivity contribution < 1.29 is 9.13 Å². The Morgan fingerprint density at radius 3 is 2.48 bits per heavy atom. The third-order valence-electron chi connectivity index (χ3n) is 3.65. The zero-order valence-corrected chi connectivity index (χ0v) is 11.9. The molecule has 1 saturated heterocycles. The van der Waals surface area contributed by atoms with E-state index in [4.69, 9.17) is 4.74 Å². The summed E-state index contributed by atoms with van der Waals surface area (Å²) in [5.41, 5.74) is 0.882. The third kappa shape index (κ3) is 2.89. The molecule has 1 aliphatic rings. The smallest absolute Gasteiger partial charge is 0.167 e. The maximum absolute atomic E-state index is 13.8. The van der Waals surface area contributed by atoms with E-state index in [1.807, 2.05) is 6.07 Å². The molecule has 0 bridgehead atoms. The molecule has 1 aliphatic heterocycles. The SMILES string of the molecule is COc1ccc(N2CCN(c3cnccn3)CC2)cc1F. The van der Waals surface area contributed by atoms with Crippen molar-refractivity contribution in [1.29, 1.82) is 0 Å². The minimum absolute atomic E-state index is 0.275. The summed E-state index contributed by atoms with van der Waals surface area (Å²) in [5.74, 6) is 0.835. The number of aromatic nitrogens is 2. The van der Waals surface area contributed by atoms with Gasteiger partial charge in [0.15, 0.2) is 11.6 Å². The lowest BCUT2D eigenvalue weighted by Gasteiger charge is -2.36. The van der Waals surface area contributed by atoms with Crippen LogP contribution in [0.4, 0.5) is 15.9 Å². The first-order chi connectivity index (χ1) is 10.3. The van der Waals surface area contributed by atoms with E-state index in [0.29, 0.717) is 0 Å². The summed E-state index contributed by atoms with van der Waals surface area (Å²) in [5, 5.41) is 0. The number of halogens is 1. The van der Waals surface area contributed by atoms with E-state index in [1.165, 1.54) is 13.2 Å². The summed E-state index contributed by atoms with van der Waals surface area (Å²) in [6.45, 7) is 3.32. The van der Waals surface area contributed by atoms with Gasteiger partial charge in [-0.15, -0.1) is 0 Å². The molecular formula is C15H17FN4O. The Balaban J connectivity index is 1.67. The van der Waals surface area contributed by atoms with Crippen molar-refractivity contribution in [1.82, 2.24) is 9.97 Å². The van der Waals surface area contributed by atoms with Gasteiger partial charge in [0.1, 0.15) is 5.82 Å². The van der Waals surface area contributed by atoms with E-state index in [-0.39, 0.29) is 11.6 Å². The third-order valence-corrected chi connectivity index (χ3v) is 3.65. The van der Waals surface area contributed by atoms with Crippen LogP contribution in [-0.4, -0.2) is 43.3 Å². The van der Waals surface area contributed by atoms with Crippen LogP contribution in [0.5, 0.6) is 5.75 Å². The normalized spacial score (nSPS) is 15.1. The number of benzene rings is 1. The summed E-state index contributed by atoms with van der Waals surface area (Å²) < 4.78 is 18.7. The number of hydrogen-bond acceptors (Lipinski definition) is 5. The Morgan fingerprint density at radius 1 is 1.10 bits per heavy atom. The highest BCUT2D eigenvalue weighted by molar-refractivity contribution is 5.51. The van der Waals surface area contributed by atoms with Crippen molar-refractivity contribution in [2.75, 3.05) is 43.1 Å². The van der Waals surface area contributed by atoms with Crippen molar-refractivity contribution in [3.63, 3.8) is 0 Å². The Labute approximate surface area is 123 Å². The largest absolute Gasteiger partial charge is 0.494 e. The molecule has 0 spiro atoms. The standard InChI is InChI=1S/C15H17FN4O/c1-21-14-3-2-12(10-13(14)16)19-6-8-20(9-7-19)15-11-17-4-5-18-15/h2-5,10-11H,6-9H2,1H3. The van der Waals surface area contributed by atoms with Gasteiger partial charge in [-0.05, 0) is 12.1 Å². The van der Waals surface area contributed by atoms with Crippen molar-refractivity contribution in [2.45, 2.75) is 0 Å². The minimum atomic E-state index is -0.327. The lowest BCUT2D eigenvalue weighted by Crippen LogP contribution is -2.46. The average molecular weight is 288 g/mol. The van der Waals surface area contributed by atoms with Gasteiger partial charge in [-0.25, -0.2) is 9.37 Å². The fourth-order valence-electron chi connectivity index (χ4n) is 2.50. The second-order valence-electron chi connectivity index (χ2n) is 4.86. The first-order valence-corrected chi connectivity index (χ1v) is 6.87. The molecule has 0 atom stereocenters. The second kappa shape index (κ2) is 5.95. The molecule has 2 aromatic rings. The summed E-state index contributed by atoms with van der Waals surface area (Å²) in [7, 11) is 1.47. The zero-order chi connectivity index (χ0) is 14.7. The van der Waals surface area contributed by atoms with Crippen LogP contribution in [0.3, 0.4) is 0 Å². The Morgan fingerprint density at radius 2 is 1.86 bits per heavy atom. The fraction of sp³-hybridized carbons (Fsp3) is 0.333. The molecule has 3 rings (SSSR count). The maximum Gasteiger partial charge on any atom is 0.167 e. The highest BCUT2D eigenvalue weighted by atomic mass is 19.1. The van der Waals surface area contributed by atoms with Crippen LogP contribution < -0.4 is 14.5 Å². The molecule has 1 aromatic carbocycles. The van der Waals surface area contributed by atoms with Crippen molar-refractivity contribution >= 4 is 11.5 Å². The molecule has 5 nitrogen and oxygen atoms in total. The lowest BCUT2D eigenvalue weighted by molar-refractivity contribution is 0.386. The molecular weight excluding hydrogens is 271 g/mol. The first-order valence-electron chi connectivity index (χ1n) is 6.87. The van der Waals surface area contributed by atoms with Crippen molar-refractivity contribution in [3.8, 4) is 5.75 Å². The molecule has 1 aromatic heterocycles. The van der Waals surface area contributed by atoms with E-state index in [0.717, 1.165) is 37.7 Å². The summed E-state index contributed by atoms with van der Waals surface area (Å²) in [6, 6.07) is 5.08. The van der Waals surface area contributed by atoms with Gasteiger partial charge in [0.25, 0.3) is 0 Å². The minimum Gasteiger partial charge on any atom is -0.494 e. The van der Waals surface area contributed by atoms with Crippen LogP contribution in [0.25, 0.3) is 0 Å². The fourth-order valence-corrected chi connectivity index (χ4v) is 2.50. The monoisotopic (exact) mass is 288 g/mol.